The summed E-state index contributed by atoms with van der Waals surface area (Å²) in [6.07, 6.45) is 0. The second kappa shape index (κ2) is 12.3. The fraction of sp³-hybridized carbons (Fsp3) is 0.0741. The van der Waals surface area contributed by atoms with Gasteiger partial charge in [0.2, 0.25) is 0 Å². The van der Waals surface area contributed by atoms with E-state index in [9.17, 15) is 0 Å². The molecule has 0 aliphatic carbocycles. The molecular formula is C54H40N2. The van der Waals surface area contributed by atoms with E-state index in [1.54, 1.807) is 0 Å². The molecule has 0 aliphatic rings. The lowest BCUT2D eigenvalue weighted by Gasteiger charge is -2.23. The number of nitrogens with zero attached hydrogens (tertiary/aromatic N) is 2. The molecule has 266 valence electrons. The fourth-order valence-electron chi connectivity index (χ4n) is 9.27. The first kappa shape index (κ1) is 32.5. The Morgan fingerprint density at radius 1 is 0.304 bits per heavy atom. The predicted octanol–water partition coefficient (Wildman–Crippen LogP) is 14.8. The van der Waals surface area contributed by atoms with Gasteiger partial charge in [0.15, 0.2) is 0 Å². The van der Waals surface area contributed by atoms with Crippen molar-refractivity contribution >= 4 is 65.2 Å². The lowest BCUT2D eigenvalue weighted by Crippen LogP contribution is -2.10. The van der Waals surface area contributed by atoms with Crippen LogP contribution in [0.2, 0.25) is 0 Å². The van der Waals surface area contributed by atoms with Gasteiger partial charge in [-0.2, -0.15) is 0 Å². The van der Waals surface area contributed by atoms with Crippen molar-refractivity contribution in [1.29, 1.82) is 0 Å². The van der Waals surface area contributed by atoms with E-state index in [0.717, 1.165) is 11.4 Å². The van der Waals surface area contributed by atoms with Crippen LogP contribution < -0.4 is 0 Å². The van der Waals surface area contributed by atoms with Gasteiger partial charge in [0.25, 0.3) is 0 Å². The third-order valence-corrected chi connectivity index (χ3v) is 11.8. The van der Waals surface area contributed by atoms with Crippen molar-refractivity contribution in [2.24, 2.45) is 0 Å². The molecule has 0 atom stereocenters. The highest BCUT2D eigenvalue weighted by atomic mass is 15.0. The summed E-state index contributed by atoms with van der Waals surface area (Å²) in [6.45, 7) is 6.93. The summed E-state index contributed by atoms with van der Waals surface area (Å²) >= 11 is 0. The number of hydrogen-bond donors (Lipinski definition) is 0. The van der Waals surface area contributed by atoms with Crippen LogP contribution in [0.25, 0.3) is 98.8 Å². The molecule has 0 amide bonds. The van der Waals surface area contributed by atoms with Gasteiger partial charge in [-0.05, 0) is 103 Å². The average molecular weight is 717 g/mol. The van der Waals surface area contributed by atoms with Crippen LogP contribution in [0.15, 0.2) is 188 Å². The Balaban J connectivity index is 1.32. The SMILES string of the molecule is CC(C)(C)c1ccc2c(-c3cc(-n4c5ccccc5c5ccccc54)cc(-n4c5ccccc5c5ccccc54)c3)c3ccccc3c(-c3ccccc3)c2c1. The molecule has 0 radical (unpaired) electrons. The first-order valence-corrected chi connectivity index (χ1v) is 19.6. The van der Waals surface area contributed by atoms with Gasteiger partial charge in [-0.15, -0.1) is 0 Å². The maximum atomic E-state index is 2.46. The van der Waals surface area contributed by atoms with Crippen molar-refractivity contribution in [3.8, 4) is 33.6 Å². The molecule has 2 aromatic heterocycles. The number of para-hydroxylation sites is 4. The quantitative estimate of drug-likeness (QED) is 0.161. The molecule has 0 unspecified atom stereocenters. The number of fused-ring (bicyclic) bond motifs is 8. The average Bonchev–Trinajstić information content (AvgIpc) is 3.75. The fourth-order valence-corrected chi connectivity index (χ4v) is 9.27. The summed E-state index contributed by atoms with van der Waals surface area (Å²) in [6, 6.07) is 69.7. The lowest BCUT2D eigenvalue weighted by atomic mass is 9.81. The zero-order valence-corrected chi connectivity index (χ0v) is 31.8. The zero-order chi connectivity index (χ0) is 37.5. The monoisotopic (exact) mass is 716 g/mol. The third kappa shape index (κ3) is 4.89. The van der Waals surface area contributed by atoms with Gasteiger partial charge in [0, 0.05) is 32.9 Å². The molecule has 0 N–H and O–H groups in total. The van der Waals surface area contributed by atoms with Crippen LogP contribution >= 0.6 is 0 Å². The Kier molecular flexibility index (Phi) is 7.15. The smallest absolute Gasteiger partial charge is 0.0541 e. The summed E-state index contributed by atoms with van der Waals surface area (Å²) in [7, 11) is 0. The van der Waals surface area contributed by atoms with Crippen molar-refractivity contribution in [2.75, 3.05) is 0 Å². The minimum atomic E-state index is -0.00584. The largest absolute Gasteiger partial charge is 0.309 e. The molecule has 56 heavy (non-hydrogen) atoms. The van der Waals surface area contributed by atoms with E-state index in [1.165, 1.54) is 93.0 Å². The van der Waals surface area contributed by atoms with Gasteiger partial charge >= 0.3 is 0 Å². The molecule has 11 rings (SSSR count). The summed E-state index contributed by atoms with van der Waals surface area (Å²) in [5.74, 6) is 0. The van der Waals surface area contributed by atoms with Crippen LogP contribution in [0.4, 0.5) is 0 Å². The number of benzene rings is 9. The van der Waals surface area contributed by atoms with Gasteiger partial charge in [-0.1, -0.05) is 160 Å². The van der Waals surface area contributed by atoms with E-state index >= 15 is 0 Å². The van der Waals surface area contributed by atoms with Crippen molar-refractivity contribution in [3.63, 3.8) is 0 Å². The summed E-state index contributed by atoms with van der Waals surface area (Å²) in [5.41, 5.74) is 13.3. The highest BCUT2D eigenvalue weighted by molar-refractivity contribution is 6.22. The van der Waals surface area contributed by atoms with Crippen LogP contribution in [0.3, 0.4) is 0 Å². The van der Waals surface area contributed by atoms with Gasteiger partial charge in [-0.3, -0.25) is 0 Å². The van der Waals surface area contributed by atoms with E-state index in [0.29, 0.717) is 0 Å². The molecule has 0 aliphatic heterocycles. The summed E-state index contributed by atoms with van der Waals surface area (Å²) < 4.78 is 4.93. The number of aromatic nitrogens is 2. The van der Waals surface area contributed by atoms with E-state index in [4.69, 9.17) is 0 Å². The van der Waals surface area contributed by atoms with Crippen molar-refractivity contribution < 1.29 is 0 Å². The second-order valence-electron chi connectivity index (χ2n) is 16.1. The van der Waals surface area contributed by atoms with Crippen LogP contribution in [0.1, 0.15) is 26.3 Å². The minimum Gasteiger partial charge on any atom is -0.309 e. The Morgan fingerprint density at radius 3 is 1.12 bits per heavy atom. The van der Waals surface area contributed by atoms with Crippen LogP contribution in [-0.2, 0) is 5.41 Å². The molecule has 0 saturated heterocycles. The second-order valence-corrected chi connectivity index (χ2v) is 16.1. The Morgan fingerprint density at radius 2 is 0.679 bits per heavy atom. The minimum absolute atomic E-state index is 0.00584. The molecule has 2 heterocycles. The highest BCUT2D eigenvalue weighted by Gasteiger charge is 2.23. The molecular weight excluding hydrogens is 677 g/mol. The first-order chi connectivity index (χ1) is 27.4. The topological polar surface area (TPSA) is 9.86 Å². The van der Waals surface area contributed by atoms with Crippen LogP contribution in [0.5, 0.6) is 0 Å². The van der Waals surface area contributed by atoms with Crippen LogP contribution in [0, 0.1) is 0 Å². The van der Waals surface area contributed by atoms with Crippen LogP contribution in [-0.4, -0.2) is 9.13 Å². The standard InChI is InChI=1S/C54H40N2/c1-54(2,3)37-29-30-46-47(33-37)52(35-17-5-4-6-18-35)44-23-7-8-24-45(44)53(46)36-31-38(55-48-25-13-9-19-40(48)41-20-10-14-26-49(41)55)34-39(32-36)56-50-27-15-11-21-42(50)43-22-12-16-28-51(43)56/h4-34H,1-3H3. The number of rotatable bonds is 4. The summed E-state index contributed by atoms with van der Waals surface area (Å²) in [5, 5.41) is 10.0. The van der Waals surface area contributed by atoms with E-state index in [-0.39, 0.29) is 5.41 Å². The normalized spacial score (nSPS) is 12.2. The van der Waals surface area contributed by atoms with Gasteiger partial charge in [0.05, 0.1) is 22.1 Å². The van der Waals surface area contributed by atoms with E-state index in [1.807, 2.05) is 0 Å². The molecule has 2 nitrogen and oxygen atoms in total. The molecule has 0 saturated carbocycles. The molecule has 2 heteroatoms. The van der Waals surface area contributed by atoms with E-state index < -0.39 is 0 Å². The van der Waals surface area contributed by atoms with Gasteiger partial charge in [0.1, 0.15) is 0 Å². The van der Waals surface area contributed by atoms with Crippen molar-refractivity contribution in [2.45, 2.75) is 26.2 Å². The van der Waals surface area contributed by atoms with E-state index in [2.05, 4.69) is 218 Å². The van der Waals surface area contributed by atoms with Crippen molar-refractivity contribution in [3.05, 3.63) is 194 Å². The highest BCUT2D eigenvalue weighted by Crippen LogP contribution is 2.46. The molecule has 0 fully saturated rings. The van der Waals surface area contributed by atoms with Crippen molar-refractivity contribution in [1.82, 2.24) is 9.13 Å². The zero-order valence-electron chi connectivity index (χ0n) is 31.8. The lowest BCUT2D eigenvalue weighted by molar-refractivity contribution is 0.591. The van der Waals surface area contributed by atoms with Gasteiger partial charge in [-0.25, -0.2) is 0 Å². The molecule has 0 spiro atoms. The Labute approximate surface area is 326 Å². The Bertz CT molecular complexity index is 3100. The van der Waals surface area contributed by atoms with Gasteiger partial charge < -0.3 is 9.13 Å². The first-order valence-electron chi connectivity index (χ1n) is 19.6. The third-order valence-electron chi connectivity index (χ3n) is 11.8. The number of hydrogen-bond acceptors (Lipinski definition) is 0. The predicted molar refractivity (Wildman–Crippen MR) is 240 cm³/mol. The summed E-state index contributed by atoms with van der Waals surface area (Å²) in [4.78, 5) is 0. The molecule has 0 bridgehead atoms. The maximum absolute atomic E-state index is 2.46. The molecule has 9 aromatic carbocycles. The maximum Gasteiger partial charge on any atom is 0.0541 e. The Hall–Kier alpha value is -6.90. The molecule has 11 aromatic rings.